The molecule has 0 aliphatic rings. The highest BCUT2D eigenvalue weighted by Crippen LogP contribution is 2.12. The minimum Gasteiger partial charge on any atom is -0.399 e. The van der Waals surface area contributed by atoms with E-state index >= 15 is 0 Å². The summed E-state index contributed by atoms with van der Waals surface area (Å²) >= 11 is 0. The van der Waals surface area contributed by atoms with Gasteiger partial charge in [0, 0.05) is 30.6 Å². The Morgan fingerprint density at radius 2 is 1.65 bits per heavy atom. The van der Waals surface area contributed by atoms with Gasteiger partial charge in [0.25, 0.3) is 0 Å². The molecule has 2 amide bonds. The number of hydrogen-bond acceptors (Lipinski definition) is 3. The normalized spacial score (nSPS) is 10.6. The monoisotopic (exact) mass is 341 g/mol. The standard InChI is InChI=1S/C17H27N3O2.ClH/c1-17(2,3)16(22)20-11-4-5-15(21)19-12-10-13-6-8-14(18)9-7-13;/h6-9H,4-5,10-12,18H2,1-3H3,(H,19,21)(H,20,22);1H. The van der Waals surface area contributed by atoms with Crippen LogP contribution in [-0.2, 0) is 16.0 Å². The van der Waals surface area contributed by atoms with Crippen molar-refractivity contribution in [3.05, 3.63) is 29.8 Å². The molecule has 1 rings (SSSR count). The predicted molar refractivity (Wildman–Crippen MR) is 96.5 cm³/mol. The summed E-state index contributed by atoms with van der Waals surface area (Å²) in [6, 6.07) is 7.64. The summed E-state index contributed by atoms with van der Waals surface area (Å²) in [6.07, 6.45) is 1.86. The molecule has 0 aliphatic carbocycles. The highest BCUT2D eigenvalue weighted by molar-refractivity contribution is 5.85. The van der Waals surface area contributed by atoms with Crippen LogP contribution in [0, 0.1) is 5.41 Å². The molecular formula is C17H28ClN3O2. The number of nitrogens with two attached hydrogens (primary N) is 1. The second-order valence-electron chi connectivity index (χ2n) is 6.45. The molecule has 23 heavy (non-hydrogen) atoms. The van der Waals surface area contributed by atoms with Crippen LogP contribution in [0.2, 0.25) is 0 Å². The van der Waals surface area contributed by atoms with Gasteiger partial charge in [-0.15, -0.1) is 12.4 Å². The van der Waals surface area contributed by atoms with Crippen LogP contribution in [0.4, 0.5) is 5.69 Å². The van der Waals surface area contributed by atoms with Gasteiger partial charge in [0.05, 0.1) is 0 Å². The first-order chi connectivity index (χ1) is 10.3. The number of rotatable bonds is 7. The third kappa shape index (κ3) is 9.08. The maximum absolute atomic E-state index is 11.7. The van der Waals surface area contributed by atoms with Gasteiger partial charge in [0.15, 0.2) is 0 Å². The fourth-order valence-electron chi connectivity index (χ4n) is 1.83. The number of carbonyl (C=O) groups is 2. The number of amides is 2. The second-order valence-corrected chi connectivity index (χ2v) is 6.45. The van der Waals surface area contributed by atoms with Gasteiger partial charge in [0.1, 0.15) is 0 Å². The summed E-state index contributed by atoms with van der Waals surface area (Å²) in [5.74, 6) is 0.0247. The van der Waals surface area contributed by atoms with Crippen LogP contribution in [0.5, 0.6) is 0 Å². The topological polar surface area (TPSA) is 84.2 Å². The quantitative estimate of drug-likeness (QED) is 0.525. The van der Waals surface area contributed by atoms with Gasteiger partial charge >= 0.3 is 0 Å². The Morgan fingerprint density at radius 1 is 1.04 bits per heavy atom. The molecule has 0 aliphatic heterocycles. The lowest BCUT2D eigenvalue weighted by Crippen LogP contribution is -2.35. The van der Waals surface area contributed by atoms with E-state index in [1.54, 1.807) is 0 Å². The number of nitrogen functional groups attached to an aromatic ring is 1. The predicted octanol–water partition coefficient (Wildman–Crippen LogP) is 2.29. The number of anilines is 1. The van der Waals surface area contributed by atoms with Crippen LogP contribution < -0.4 is 16.4 Å². The van der Waals surface area contributed by atoms with Crippen molar-refractivity contribution in [1.82, 2.24) is 10.6 Å². The molecule has 130 valence electrons. The van der Waals surface area contributed by atoms with Crippen molar-refractivity contribution in [2.24, 2.45) is 5.41 Å². The molecule has 0 aromatic heterocycles. The average molecular weight is 342 g/mol. The Labute approximate surface area is 144 Å². The van der Waals surface area contributed by atoms with Crippen LogP contribution in [0.3, 0.4) is 0 Å². The Kier molecular flexibility index (Phi) is 9.34. The zero-order valence-electron chi connectivity index (χ0n) is 14.1. The summed E-state index contributed by atoms with van der Waals surface area (Å²) in [6.45, 7) is 6.74. The zero-order chi connectivity index (χ0) is 16.6. The summed E-state index contributed by atoms with van der Waals surface area (Å²) in [5.41, 5.74) is 7.12. The Hall–Kier alpha value is -1.75. The number of carbonyl (C=O) groups excluding carboxylic acids is 2. The molecule has 0 radical (unpaired) electrons. The van der Waals surface area contributed by atoms with Crippen LogP contribution >= 0.6 is 12.4 Å². The van der Waals surface area contributed by atoms with Crippen LogP contribution in [0.1, 0.15) is 39.2 Å². The van der Waals surface area contributed by atoms with Gasteiger partial charge in [0.2, 0.25) is 11.8 Å². The van der Waals surface area contributed by atoms with Crippen molar-refractivity contribution < 1.29 is 9.59 Å². The number of benzene rings is 1. The lowest BCUT2D eigenvalue weighted by atomic mass is 9.96. The Morgan fingerprint density at radius 3 is 2.22 bits per heavy atom. The van der Waals surface area contributed by atoms with E-state index in [0.717, 1.165) is 17.7 Å². The maximum Gasteiger partial charge on any atom is 0.225 e. The van der Waals surface area contributed by atoms with Crippen molar-refractivity contribution in [2.75, 3.05) is 18.8 Å². The highest BCUT2D eigenvalue weighted by atomic mass is 35.5. The lowest BCUT2D eigenvalue weighted by Gasteiger charge is -2.17. The maximum atomic E-state index is 11.7. The fraction of sp³-hybridized carbons (Fsp3) is 0.529. The zero-order valence-corrected chi connectivity index (χ0v) is 15.0. The van der Waals surface area contributed by atoms with Crippen molar-refractivity contribution in [3.63, 3.8) is 0 Å². The van der Waals surface area contributed by atoms with Gasteiger partial charge in [-0.25, -0.2) is 0 Å². The van der Waals surface area contributed by atoms with E-state index in [4.69, 9.17) is 5.73 Å². The van der Waals surface area contributed by atoms with Crippen LogP contribution in [0.25, 0.3) is 0 Å². The van der Waals surface area contributed by atoms with E-state index in [9.17, 15) is 9.59 Å². The summed E-state index contributed by atoms with van der Waals surface area (Å²) in [4.78, 5) is 23.3. The molecule has 1 aromatic carbocycles. The first-order valence-electron chi connectivity index (χ1n) is 7.68. The van der Waals surface area contributed by atoms with Crippen molar-refractivity contribution in [2.45, 2.75) is 40.0 Å². The molecule has 0 bridgehead atoms. The SMILES string of the molecule is CC(C)(C)C(=O)NCCCC(=O)NCCc1ccc(N)cc1.Cl. The summed E-state index contributed by atoms with van der Waals surface area (Å²) in [7, 11) is 0. The van der Waals surface area contributed by atoms with E-state index in [1.807, 2.05) is 45.0 Å². The molecule has 5 nitrogen and oxygen atoms in total. The fourth-order valence-corrected chi connectivity index (χ4v) is 1.83. The summed E-state index contributed by atoms with van der Waals surface area (Å²) < 4.78 is 0. The molecule has 0 atom stereocenters. The van der Waals surface area contributed by atoms with Gasteiger partial charge in [-0.3, -0.25) is 9.59 Å². The van der Waals surface area contributed by atoms with E-state index < -0.39 is 0 Å². The molecular weight excluding hydrogens is 314 g/mol. The third-order valence-electron chi connectivity index (χ3n) is 3.26. The third-order valence-corrected chi connectivity index (χ3v) is 3.26. The van der Waals surface area contributed by atoms with Crippen LogP contribution in [0.15, 0.2) is 24.3 Å². The molecule has 4 N–H and O–H groups in total. The molecule has 0 saturated heterocycles. The van der Waals surface area contributed by atoms with Gasteiger partial charge in [-0.2, -0.15) is 0 Å². The van der Waals surface area contributed by atoms with Gasteiger partial charge < -0.3 is 16.4 Å². The molecule has 0 spiro atoms. The first-order valence-corrected chi connectivity index (χ1v) is 7.68. The molecule has 0 heterocycles. The molecule has 0 unspecified atom stereocenters. The second kappa shape index (κ2) is 10.1. The minimum atomic E-state index is -0.388. The number of halogens is 1. The van der Waals surface area contributed by atoms with E-state index in [0.29, 0.717) is 25.9 Å². The van der Waals surface area contributed by atoms with Crippen molar-refractivity contribution in [3.8, 4) is 0 Å². The van der Waals surface area contributed by atoms with E-state index in [-0.39, 0.29) is 29.6 Å². The van der Waals surface area contributed by atoms with Crippen molar-refractivity contribution >= 4 is 29.9 Å². The van der Waals surface area contributed by atoms with E-state index in [1.165, 1.54) is 0 Å². The Bertz CT molecular complexity index is 496. The summed E-state index contributed by atoms with van der Waals surface area (Å²) in [5, 5.41) is 5.72. The molecule has 6 heteroatoms. The lowest BCUT2D eigenvalue weighted by molar-refractivity contribution is -0.128. The van der Waals surface area contributed by atoms with Gasteiger partial charge in [-0.05, 0) is 30.5 Å². The Balaban J connectivity index is 0.00000484. The molecule has 0 saturated carbocycles. The number of hydrogen-bond donors (Lipinski definition) is 3. The largest absolute Gasteiger partial charge is 0.399 e. The van der Waals surface area contributed by atoms with E-state index in [2.05, 4.69) is 10.6 Å². The van der Waals surface area contributed by atoms with Crippen molar-refractivity contribution in [1.29, 1.82) is 0 Å². The first kappa shape index (κ1) is 21.2. The smallest absolute Gasteiger partial charge is 0.225 e. The molecule has 1 aromatic rings. The van der Waals surface area contributed by atoms with Gasteiger partial charge in [-0.1, -0.05) is 32.9 Å². The average Bonchev–Trinajstić information content (AvgIpc) is 2.44. The molecule has 0 fully saturated rings. The van der Waals surface area contributed by atoms with Crippen LogP contribution in [-0.4, -0.2) is 24.9 Å². The minimum absolute atomic E-state index is 0. The number of nitrogens with one attached hydrogen (secondary N) is 2. The highest BCUT2D eigenvalue weighted by Gasteiger charge is 2.20.